The summed E-state index contributed by atoms with van der Waals surface area (Å²) in [6.07, 6.45) is 0. The third kappa shape index (κ3) is 0.689. The van der Waals surface area contributed by atoms with Crippen molar-refractivity contribution in [3.8, 4) is 0 Å². The Bertz CT molecular complexity index is 107. The maximum Gasteiger partial charge on any atom is 0.354 e. The van der Waals surface area contributed by atoms with Gasteiger partial charge in [-0.3, -0.25) is 0 Å². The standard InChI is InChI=1S/C3H3ClO3/c4-3(1-7-3)2(5)6/h1H2,(H,5,6). The van der Waals surface area contributed by atoms with Crippen molar-refractivity contribution in [3.63, 3.8) is 0 Å². The number of epoxide rings is 1. The van der Waals surface area contributed by atoms with Crippen LogP contribution < -0.4 is 0 Å². The summed E-state index contributed by atoms with van der Waals surface area (Å²) >= 11 is 5.16. The van der Waals surface area contributed by atoms with E-state index in [4.69, 9.17) is 16.7 Å². The zero-order valence-corrected chi connectivity index (χ0v) is 4.10. The molecule has 0 spiro atoms. The van der Waals surface area contributed by atoms with Crippen molar-refractivity contribution in [2.75, 3.05) is 6.61 Å². The molecule has 1 fully saturated rings. The van der Waals surface area contributed by atoms with Crippen LogP contribution in [0.5, 0.6) is 0 Å². The number of ether oxygens (including phenoxy) is 1. The summed E-state index contributed by atoms with van der Waals surface area (Å²) in [6, 6.07) is 0. The Balaban J connectivity index is 2.55. The first-order valence-corrected chi connectivity index (χ1v) is 2.09. The molecule has 1 aliphatic rings. The van der Waals surface area contributed by atoms with Gasteiger partial charge in [0.2, 0.25) is 0 Å². The summed E-state index contributed by atoms with van der Waals surface area (Å²) in [6.45, 7) is 0.129. The minimum absolute atomic E-state index is 0.129. The summed E-state index contributed by atoms with van der Waals surface area (Å²) in [7, 11) is 0. The predicted octanol–water partition coefficient (Wildman–Crippen LogP) is 0.0363. The van der Waals surface area contributed by atoms with Crippen molar-refractivity contribution in [3.05, 3.63) is 0 Å². The van der Waals surface area contributed by atoms with E-state index in [1.54, 1.807) is 0 Å². The number of halogens is 1. The topological polar surface area (TPSA) is 49.8 Å². The lowest BCUT2D eigenvalue weighted by atomic mass is 10.5. The normalized spacial score (nSPS) is 37.9. The van der Waals surface area contributed by atoms with Gasteiger partial charge in [-0.1, -0.05) is 11.6 Å². The summed E-state index contributed by atoms with van der Waals surface area (Å²) < 4.78 is 4.32. The van der Waals surface area contributed by atoms with Crippen molar-refractivity contribution in [2.45, 2.75) is 5.06 Å². The van der Waals surface area contributed by atoms with Crippen LogP contribution in [0, 0.1) is 0 Å². The highest BCUT2D eigenvalue weighted by Crippen LogP contribution is 2.31. The molecule has 0 saturated carbocycles. The maximum absolute atomic E-state index is 9.83. The lowest BCUT2D eigenvalue weighted by molar-refractivity contribution is -0.139. The Morgan fingerprint density at radius 1 is 2.00 bits per heavy atom. The van der Waals surface area contributed by atoms with Crippen molar-refractivity contribution in [2.24, 2.45) is 0 Å². The molecule has 7 heavy (non-hydrogen) atoms. The van der Waals surface area contributed by atoms with Gasteiger partial charge in [0.15, 0.2) is 0 Å². The Hall–Kier alpha value is -0.280. The average molecular weight is 123 g/mol. The van der Waals surface area contributed by atoms with E-state index in [0.29, 0.717) is 0 Å². The number of hydrogen-bond acceptors (Lipinski definition) is 2. The zero-order chi connectivity index (χ0) is 5.49. The van der Waals surface area contributed by atoms with E-state index in [-0.39, 0.29) is 6.61 Å². The fourth-order valence-corrected chi connectivity index (χ4v) is 0.241. The predicted molar refractivity (Wildman–Crippen MR) is 22.2 cm³/mol. The highest BCUT2D eigenvalue weighted by Gasteiger charge is 2.51. The van der Waals surface area contributed by atoms with E-state index in [0.717, 1.165) is 0 Å². The van der Waals surface area contributed by atoms with E-state index in [9.17, 15) is 4.79 Å². The van der Waals surface area contributed by atoms with Gasteiger partial charge in [0.05, 0.1) is 0 Å². The van der Waals surface area contributed by atoms with E-state index in [2.05, 4.69) is 4.74 Å². The molecule has 0 aromatic carbocycles. The van der Waals surface area contributed by atoms with E-state index in [1.165, 1.54) is 0 Å². The van der Waals surface area contributed by atoms with E-state index in [1.807, 2.05) is 0 Å². The molecule has 0 amide bonds. The number of rotatable bonds is 1. The molecule has 1 heterocycles. The maximum atomic E-state index is 9.83. The molecular weight excluding hydrogens is 119 g/mol. The molecule has 0 aromatic rings. The number of alkyl halides is 1. The van der Waals surface area contributed by atoms with Crippen LogP contribution in [0.1, 0.15) is 0 Å². The van der Waals surface area contributed by atoms with Gasteiger partial charge < -0.3 is 9.84 Å². The SMILES string of the molecule is O=C(O)C1(Cl)CO1. The molecule has 0 aliphatic carbocycles. The minimum atomic E-state index is -1.36. The van der Waals surface area contributed by atoms with Crippen LogP contribution in [0.15, 0.2) is 0 Å². The van der Waals surface area contributed by atoms with Crippen LogP contribution in [0.3, 0.4) is 0 Å². The van der Waals surface area contributed by atoms with E-state index < -0.39 is 11.0 Å². The molecule has 1 rings (SSSR count). The van der Waals surface area contributed by atoms with Gasteiger partial charge >= 0.3 is 5.97 Å². The van der Waals surface area contributed by atoms with Gasteiger partial charge in [-0.15, -0.1) is 0 Å². The van der Waals surface area contributed by atoms with Gasteiger partial charge in [0.1, 0.15) is 6.61 Å². The number of aliphatic carboxylic acids is 1. The van der Waals surface area contributed by atoms with Crippen LogP contribution >= 0.6 is 11.6 Å². The highest BCUT2D eigenvalue weighted by molar-refractivity contribution is 6.34. The Kier molecular flexibility index (Phi) is 0.771. The van der Waals surface area contributed by atoms with Crippen molar-refractivity contribution >= 4 is 17.6 Å². The molecule has 1 saturated heterocycles. The fourth-order valence-electron chi connectivity index (χ4n) is 0.187. The van der Waals surface area contributed by atoms with Crippen LogP contribution in [-0.2, 0) is 9.53 Å². The second kappa shape index (κ2) is 1.11. The molecule has 1 atom stereocenters. The molecule has 1 aliphatic heterocycles. The first-order valence-electron chi connectivity index (χ1n) is 1.71. The lowest BCUT2D eigenvalue weighted by Gasteiger charge is -1.87. The van der Waals surface area contributed by atoms with Gasteiger partial charge in [0, 0.05) is 0 Å². The van der Waals surface area contributed by atoms with Gasteiger partial charge in [-0.25, -0.2) is 4.79 Å². The number of carbonyl (C=O) groups is 1. The fraction of sp³-hybridized carbons (Fsp3) is 0.667. The second-order valence-corrected chi connectivity index (χ2v) is 1.93. The monoisotopic (exact) mass is 122 g/mol. The lowest BCUT2D eigenvalue weighted by Crippen LogP contribution is -2.15. The van der Waals surface area contributed by atoms with Gasteiger partial charge in [0.25, 0.3) is 5.06 Å². The quantitative estimate of drug-likeness (QED) is 0.395. The molecule has 0 bridgehead atoms. The van der Waals surface area contributed by atoms with Crippen molar-refractivity contribution < 1.29 is 14.6 Å². The average Bonchev–Trinajstić information content (AvgIpc) is 2.21. The Morgan fingerprint density at radius 3 is 2.43 bits per heavy atom. The van der Waals surface area contributed by atoms with Crippen molar-refractivity contribution in [1.29, 1.82) is 0 Å². The zero-order valence-electron chi connectivity index (χ0n) is 3.35. The minimum Gasteiger partial charge on any atom is -0.478 e. The molecule has 1 N–H and O–H groups in total. The molecule has 40 valence electrons. The van der Waals surface area contributed by atoms with Crippen LogP contribution in [-0.4, -0.2) is 22.7 Å². The number of hydrogen-bond donors (Lipinski definition) is 1. The Morgan fingerprint density at radius 2 is 2.43 bits per heavy atom. The van der Waals surface area contributed by atoms with Crippen molar-refractivity contribution in [1.82, 2.24) is 0 Å². The summed E-state index contributed by atoms with van der Waals surface area (Å²) in [5, 5.41) is 6.69. The van der Waals surface area contributed by atoms with Crippen LogP contribution in [0.2, 0.25) is 0 Å². The van der Waals surface area contributed by atoms with Gasteiger partial charge in [-0.2, -0.15) is 0 Å². The van der Waals surface area contributed by atoms with Crippen LogP contribution in [0.4, 0.5) is 0 Å². The molecule has 0 radical (unpaired) electrons. The van der Waals surface area contributed by atoms with Gasteiger partial charge in [-0.05, 0) is 0 Å². The Labute approximate surface area is 44.8 Å². The third-order valence-corrected chi connectivity index (χ3v) is 1.10. The van der Waals surface area contributed by atoms with Crippen LogP contribution in [0.25, 0.3) is 0 Å². The summed E-state index contributed by atoms with van der Waals surface area (Å²) in [4.78, 5) is 9.83. The second-order valence-electron chi connectivity index (χ2n) is 1.32. The number of carboxylic acids is 1. The first kappa shape index (κ1) is 4.87. The molecule has 1 unspecified atom stereocenters. The summed E-state index contributed by atoms with van der Waals surface area (Å²) in [5.74, 6) is -1.10. The van der Waals surface area contributed by atoms with E-state index >= 15 is 0 Å². The molecular formula is C3H3ClO3. The third-order valence-electron chi connectivity index (χ3n) is 0.717. The molecule has 3 nitrogen and oxygen atoms in total. The summed E-state index contributed by atoms with van der Waals surface area (Å²) in [5.41, 5.74) is 0. The molecule has 4 heteroatoms. The number of carboxylic acid groups (broad SMARTS) is 1. The highest BCUT2D eigenvalue weighted by atomic mass is 35.5. The smallest absolute Gasteiger partial charge is 0.354 e. The first-order chi connectivity index (χ1) is 3.15. The molecule has 0 aromatic heterocycles. The largest absolute Gasteiger partial charge is 0.478 e.